The molecule has 0 aliphatic carbocycles. The van der Waals surface area contributed by atoms with E-state index in [1.807, 2.05) is 30.6 Å². The minimum atomic E-state index is 0.745. The molecule has 0 aliphatic rings. The third kappa shape index (κ3) is 6.40. The summed E-state index contributed by atoms with van der Waals surface area (Å²) >= 11 is 0. The first-order chi connectivity index (χ1) is 24.3. The van der Waals surface area contributed by atoms with Crippen molar-refractivity contribution in [3.63, 3.8) is 0 Å². The molecule has 0 saturated heterocycles. The fourth-order valence-corrected chi connectivity index (χ4v) is 7.31. The Morgan fingerprint density at radius 3 is 1.44 bits per heavy atom. The lowest BCUT2D eigenvalue weighted by atomic mass is 9.98. The van der Waals surface area contributed by atoms with Gasteiger partial charge >= 0.3 is 0 Å². The van der Waals surface area contributed by atoms with Gasteiger partial charge in [-0.2, -0.15) is 0 Å². The van der Waals surface area contributed by atoms with E-state index in [9.17, 15) is 0 Å². The normalized spacial score (nSPS) is 11.0. The first kappa shape index (κ1) is 32.5. The molecule has 0 N–H and O–H groups in total. The largest absolute Gasteiger partial charge is 0.309 e. The number of hydrogen-bond donors (Lipinski definition) is 0. The second kappa shape index (κ2) is 13.9. The second-order valence-electron chi connectivity index (χ2n) is 13.2. The Morgan fingerprint density at radius 1 is 0.440 bits per heavy atom. The lowest BCUT2D eigenvalue weighted by molar-refractivity contribution is 1.13. The van der Waals surface area contributed by atoms with Crippen LogP contribution in [0.15, 0.2) is 146 Å². The van der Waals surface area contributed by atoms with Gasteiger partial charge in [0.25, 0.3) is 0 Å². The van der Waals surface area contributed by atoms with Gasteiger partial charge in [-0.1, -0.05) is 114 Å². The lowest BCUT2D eigenvalue weighted by Gasteiger charge is -2.32. The molecule has 0 amide bonds. The van der Waals surface area contributed by atoms with Crippen LogP contribution in [-0.2, 0) is 0 Å². The Balaban J connectivity index is 1.42. The third-order valence-electron chi connectivity index (χ3n) is 9.23. The summed E-state index contributed by atoms with van der Waals surface area (Å²) in [4.78, 5) is 14.6. The molecule has 0 fully saturated rings. The smallest absolute Gasteiger partial charge is 0.156 e. The van der Waals surface area contributed by atoms with Gasteiger partial charge in [0.1, 0.15) is 0 Å². The highest BCUT2D eigenvalue weighted by atomic mass is 15.2. The Bertz CT molecular complexity index is 2170. The van der Waals surface area contributed by atoms with Crippen molar-refractivity contribution in [2.24, 2.45) is 0 Å². The molecule has 7 aromatic rings. The highest BCUT2D eigenvalue weighted by Gasteiger charge is 2.23. The lowest BCUT2D eigenvalue weighted by Crippen LogP contribution is -2.17. The number of aromatic nitrogens is 2. The van der Waals surface area contributed by atoms with Crippen LogP contribution in [0.3, 0.4) is 0 Å². The predicted octanol–water partition coefficient (Wildman–Crippen LogP) is 12.6. The molecule has 0 unspecified atom stereocenters. The van der Waals surface area contributed by atoms with Crippen molar-refractivity contribution in [3.05, 3.63) is 179 Å². The number of rotatable bonds is 8. The zero-order chi connectivity index (χ0) is 34.8. The van der Waals surface area contributed by atoms with Crippen molar-refractivity contribution in [3.8, 4) is 22.4 Å². The summed E-state index contributed by atoms with van der Waals surface area (Å²) in [6, 6.07) is 47.3. The van der Waals surface area contributed by atoms with Gasteiger partial charge in [-0.05, 0) is 99.7 Å². The van der Waals surface area contributed by atoms with E-state index in [-0.39, 0.29) is 0 Å². The zero-order valence-corrected chi connectivity index (χ0v) is 29.6. The molecule has 4 heteroatoms. The highest BCUT2D eigenvalue weighted by molar-refractivity contribution is 5.89. The van der Waals surface area contributed by atoms with Gasteiger partial charge in [-0.3, -0.25) is 9.88 Å². The van der Waals surface area contributed by atoms with E-state index in [0.717, 1.165) is 45.3 Å². The maximum Gasteiger partial charge on any atom is 0.156 e. The van der Waals surface area contributed by atoms with E-state index in [4.69, 9.17) is 9.97 Å². The SMILES string of the molecule is Cc1cc(C)c(N(c2ccc(N(c3cncc(-c4ccccc4)n3)c3ccccc3-c3ccccc3)cc2)c2c(C)cc(C)cc2C)c(C)c1. The van der Waals surface area contributed by atoms with Crippen molar-refractivity contribution in [1.29, 1.82) is 0 Å². The van der Waals surface area contributed by atoms with Gasteiger partial charge in [0, 0.05) is 22.5 Å². The fourth-order valence-electron chi connectivity index (χ4n) is 7.31. The molecular formula is C46H42N4. The molecule has 0 bridgehead atoms. The van der Waals surface area contributed by atoms with Crippen LogP contribution < -0.4 is 9.80 Å². The second-order valence-corrected chi connectivity index (χ2v) is 13.2. The molecule has 0 atom stereocenters. The monoisotopic (exact) mass is 650 g/mol. The summed E-state index contributed by atoms with van der Waals surface area (Å²) in [5.74, 6) is 0.745. The number of para-hydroxylation sites is 1. The van der Waals surface area contributed by atoms with E-state index in [1.54, 1.807) is 0 Å². The Morgan fingerprint density at radius 2 is 0.900 bits per heavy atom. The molecular weight excluding hydrogens is 609 g/mol. The van der Waals surface area contributed by atoms with Gasteiger partial charge in [-0.15, -0.1) is 0 Å². The molecule has 1 heterocycles. The minimum Gasteiger partial charge on any atom is -0.309 e. The molecule has 6 aromatic carbocycles. The van der Waals surface area contributed by atoms with Gasteiger partial charge in [0.2, 0.25) is 0 Å². The molecule has 50 heavy (non-hydrogen) atoms. The molecule has 0 aliphatic heterocycles. The number of hydrogen-bond acceptors (Lipinski definition) is 4. The molecule has 7 rings (SSSR count). The van der Waals surface area contributed by atoms with Crippen LogP contribution >= 0.6 is 0 Å². The number of aryl methyl sites for hydroxylation is 6. The van der Waals surface area contributed by atoms with E-state index in [0.29, 0.717) is 0 Å². The van der Waals surface area contributed by atoms with Crippen LogP contribution in [0.25, 0.3) is 22.4 Å². The molecule has 0 radical (unpaired) electrons. The van der Waals surface area contributed by atoms with Crippen molar-refractivity contribution in [2.75, 3.05) is 9.80 Å². The molecule has 0 saturated carbocycles. The maximum absolute atomic E-state index is 5.20. The first-order valence-electron chi connectivity index (χ1n) is 17.2. The first-order valence-corrected chi connectivity index (χ1v) is 17.2. The quantitative estimate of drug-likeness (QED) is 0.164. The van der Waals surface area contributed by atoms with Gasteiger partial charge < -0.3 is 4.90 Å². The molecule has 1 aromatic heterocycles. The average molecular weight is 651 g/mol. The van der Waals surface area contributed by atoms with Crippen molar-refractivity contribution < 1.29 is 0 Å². The van der Waals surface area contributed by atoms with Gasteiger partial charge in [0.05, 0.1) is 35.1 Å². The molecule has 0 spiro atoms. The average Bonchev–Trinajstić information content (AvgIpc) is 3.12. The van der Waals surface area contributed by atoms with Crippen molar-refractivity contribution >= 4 is 34.3 Å². The van der Waals surface area contributed by atoms with Crippen LogP contribution in [0.2, 0.25) is 0 Å². The van der Waals surface area contributed by atoms with E-state index < -0.39 is 0 Å². The van der Waals surface area contributed by atoms with Crippen molar-refractivity contribution in [1.82, 2.24) is 9.97 Å². The summed E-state index contributed by atoms with van der Waals surface area (Å²) in [7, 11) is 0. The van der Waals surface area contributed by atoms with Gasteiger partial charge in [-0.25, -0.2) is 4.98 Å². The summed E-state index contributed by atoms with van der Waals surface area (Å²) in [5.41, 5.74) is 17.2. The molecule has 246 valence electrons. The van der Waals surface area contributed by atoms with Crippen LogP contribution in [-0.4, -0.2) is 9.97 Å². The zero-order valence-electron chi connectivity index (χ0n) is 29.6. The van der Waals surface area contributed by atoms with Crippen LogP contribution in [0.4, 0.5) is 34.3 Å². The van der Waals surface area contributed by atoms with Crippen LogP contribution in [0.5, 0.6) is 0 Å². The number of anilines is 6. The number of nitrogens with zero attached hydrogens (tertiary/aromatic N) is 4. The Labute approximate surface area is 296 Å². The van der Waals surface area contributed by atoms with E-state index in [2.05, 4.69) is 167 Å². The fraction of sp³-hybridized carbons (Fsp3) is 0.130. The molecule has 4 nitrogen and oxygen atoms in total. The topological polar surface area (TPSA) is 32.3 Å². The summed E-state index contributed by atoms with van der Waals surface area (Å²) in [6.07, 6.45) is 3.69. The minimum absolute atomic E-state index is 0.745. The Kier molecular flexibility index (Phi) is 9.02. The third-order valence-corrected chi connectivity index (χ3v) is 9.23. The van der Waals surface area contributed by atoms with Crippen LogP contribution in [0.1, 0.15) is 33.4 Å². The van der Waals surface area contributed by atoms with Crippen molar-refractivity contribution in [2.45, 2.75) is 41.5 Å². The van der Waals surface area contributed by atoms with E-state index in [1.165, 1.54) is 44.8 Å². The predicted molar refractivity (Wildman–Crippen MR) is 211 cm³/mol. The summed E-state index contributed by atoms with van der Waals surface area (Å²) in [6.45, 7) is 13.2. The number of benzene rings is 6. The van der Waals surface area contributed by atoms with E-state index >= 15 is 0 Å². The summed E-state index contributed by atoms with van der Waals surface area (Å²) in [5, 5.41) is 0. The van der Waals surface area contributed by atoms with Crippen LogP contribution in [0, 0.1) is 41.5 Å². The maximum atomic E-state index is 5.20. The Hall–Kier alpha value is -6.00. The summed E-state index contributed by atoms with van der Waals surface area (Å²) < 4.78 is 0. The standard InChI is InChI=1S/C46H42N4/c1-31-25-33(3)45(34(4)26-31)50(46-35(5)27-32(2)28-36(46)6)40-23-21-39(22-24-40)49(43-20-14-13-19-41(43)37-15-9-7-10-16-37)44-30-47-29-42(48-44)38-17-11-8-12-18-38/h7-30H,1-6H3. The van der Waals surface area contributed by atoms with Gasteiger partial charge in [0.15, 0.2) is 5.82 Å². The highest BCUT2D eigenvalue weighted by Crippen LogP contribution is 2.45.